The van der Waals surface area contributed by atoms with Gasteiger partial charge in [-0.15, -0.1) is 0 Å². The highest BCUT2D eigenvalue weighted by molar-refractivity contribution is 6.35. The number of amides is 1. The van der Waals surface area contributed by atoms with Gasteiger partial charge in [-0.25, -0.2) is 4.79 Å². The van der Waals surface area contributed by atoms with Crippen LogP contribution in [0.25, 0.3) is 0 Å². The van der Waals surface area contributed by atoms with Crippen molar-refractivity contribution < 1.29 is 14.5 Å². The average Bonchev–Trinajstić information content (AvgIpc) is 2.74. The van der Waals surface area contributed by atoms with Crippen molar-refractivity contribution in [1.29, 1.82) is 0 Å². The van der Waals surface area contributed by atoms with Gasteiger partial charge in [0.15, 0.2) is 0 Å². The second-order valence-corrected chi connectivity index (χ2v) is 8.44. The zero-order chi connectivity index (χ0) is 22.8. The summed E-state index contributed by atoms with van der Waals surface area (Å²) >= 11 is 12.7. The maximum atomic E-state index is 12.3. The Balaban J connectivity index is 1.53. The van der Waals surface area contributed by atoms with Crippen LogP contribution in [0.15, 0.2) is 60.7 Å². The summed E-state index contributed by atoms with van der Waals surface area (Å²) in [5.74, 6) is 0.240. The number of anilines is 1. The van der Waals surface area contributed by atoms with Gasteiger partial charge in [0, 0.05) is 46.9 Å². The van der Waals surface area contributed by atoms with Gasteiger partial charge in [0.05, 0.1) is 4.92 Å². The van der Waals surface area contributed by atoms with E-state index in [1.165, 1.54) is 24.3 Å². The molecule has 0 spiro atoms. The Labute approximate surface area is 194 Å². The number of ether oxygens (including phenoxy) is 1. The van der Waals surface area contributed by atoms with Gasteiger partial charge in [0.1, 0.15) is 5.75 Å². The first-order valence-corrected chi connectivity index (χ1v) is 10.6. The highest BCUT2D eigenvalue weighted by Crippen LogP contribution is 2.38. The normalized spacial score (nSPS) is 15.7. The van der Waals surface area contributed by atoms with Crippen LogP contribution in [0.4, 0.5) is 16.2 Å². The maximum Gasteiger partial charge on any atom is 0.417 e. The lowest BCUT2D eigenvalue weighted by molar-refractivity contribution is -0.384. The number of carbonyl (C=O) groups excluding carboxylic acids is 1. The third-order valence-electron chi connectivity index (χ3n) is 5.29. The van der Waals surface area contributed by atoms with E-state index in [0.717, 1.165) is 29.8 Å². The van der Waals surface area contributed by atoms with Crippen molar-refractivity contribution in [1.82, 2.24) is 4.90 Å². The van der Waals surface area contributed by atoms with Crippen LogP contribution in [-0.2, 0) is 6.54 Å². The van der Waals surface area contributed by atoms with Crippen molar-refractivity contribution in [3.63, 3.8) is 0 Å². The number of likely N-dealkylation sites (N-methyl/N-ethyl adjacent to an activating group) is 1. The van der Waals surface area contributed by atoms with Crippen molar-refractivity contribution >= 4 is 40.7 Å². The molecule has 4 rings (SSSR count). The van der Waals surface area contributed by atoms with Crippen molar-refractivity contribution in [3.05, 3.63) is 97.5 Å². The van der Waals surface area contributed by atoms with E-state index in [0.29, 0.717) is 15.7 Å². The molecule has 3 aromatic rings. The minimum absolute atomic E-state index is 0.0346. The number of fused-ring (bicyclic) bond motifs is 1. The number of nitro groups is 1. The molecule has 0 fully saturated rings. The lowest BCUT2D eigenvalue weighted by Crippen LogP contribution is -2.31. The second kappa shape index (κ2) is 9.16. The summed E-state index contributed by atoms with van der Waals surface area (Å²) in [6, 6.07) is 16.5. The molecule has 7 nitrogen and oxygen atoms in total. The van der Waals surface area contributed by atoms with E-state index < -0.39 is 11.0 Å². The fourth-order valence-corrected chi connectivity index (χ4v) is 4.42. The van der Waals surface area contributed by atoms with Gasteiger partial charge >= 0.3 is 6.09 Å². The van der Waals surface area contributed by atoms with Crippen LogP contribution in [0.3, 0.4) is 0 Å². The van der Waals surface area contributed by atoms with Crippen LogP contribution >= 0.6 is 23.2 Å². The van der Waals surface area contributed by atoms with Gasteiger partial charge in [0.25, 0.3) is 5.69 Å². The summed E-state index contributed by atoms with van der Waals surface area (Å²) in [5.41, 5.74) is 3.61. The van der Waals surface area contributed by atoms with Crippen LogP contribution in [0.5, 0.6) is 5.75 Å². The van der Waals surface area contributed by atoms with Crippen molar-refractivity contribution in [2.24, 2.45) is 0 Å². The van der Waals surface area contributed by atoms with Gasteiger partial charge in [-0.1, -0.05) is 35.3 Å². The fourth-order valence-electron chi connectivity index (χ4n) is 3.85. The summed E-state index contributed by atoms with van der Waals surface area (Å²) in [7, 11) is 2.03. The lowest BCUT2D eigenvalue weighted by Gasteiger charge is -2.33. The van der Waals surface area contributed by atoms with E-state index in [1.807, 2.05) is 31.3 Å². The Morgan fingerprint density at radius 1 is 1.16 bits per heavy atom. The summed E-state index contributed by atoms with van der Waals surface area (Å²) in [4.78, 5) is 24.7. The summed E-state index contributed by atoms with van der Waals surface area (Å²) in [6.45, 7) is 1.52. The first-order valence-electron chi connectivity index (χ1n) is 9.80. The fraction of sp³-hybridized carbons (Fsp3) is 0.174. The molecule has 0 saturated heterocycles. The maximum absolute atomic E-state index is 12.3. The van der Waals surface area contributed by atoms with E-state index in [-0.39, 0.29) is 17.4 Å². The monoisotopic (exact) mass is 471 g/mol. The molecule has 3 aromatic carbocycles. The number of halogens is 2. The van der Waals surface area contributed by atoms with Crippen LogP contribution < -0.4 is 10.1 Å². The summed E-state index contributed by atoms with van der Waals surface area (Å²) in [6.07, 6.45) is -0.691. The zero-order valence-electron chi connectivity index (χ0n) is 17.0. The van der Waals surface area contributed by atoms with Crippen LogP contribution in [0.2, 0.25) is 10.0 Å². The molecular formula is C23H19Cl2N3O4. The Bertz CT molecular complexity index is 1180. The molecule has 1 heterocycles. The first-order chi connectivity index (χ1) is 15.3. The Morgan fingerprint density at radius 2 is 1.91 bits per heavy atom. The highest BCUT2D eigenvalue weighted by atomic mass is 35.5. The number of rotatable bonds is 4. The SMILES string of the molecule is CN1Cc2c(Cl)cc(Cl)cc2C(c2cccc(NC(=O)Oc3ccc([N+](=O)[O-])cc3)c2)C1. The molecule has 0 aromatic heterocycles. The minimum Gasteiger partial charge on any atom is -0.410 e. The first kappa shape index (κ1) is 22.1. The number of hydrogen-bond donors (Lipinski definition) is 1. The number of benzene rings is 3. The van der Waals surface area contributed by atoms with E-state index >= 15 is 0 Å². The molecule has 1 unspecified atom stereocenters. The number of nitrogens with zero attached hydrogens (tertiary/aromatic N) is 2. The Hall–Kier alpha value is -3.13. The number of non-ortho nitro benzene ring substituents is 1. The Kier molecular flexibility index (Phi) is 6.32. The van der Waals surface area contributed by atoms with Crippen molar-refractivity contribution in [3.8, 4) is 5.75 Å². The van der Waals surface area contributed by atoms with E-state index in [9.17, 15) is 14.9 Å². The largest absolute Gasteiger partial charge is 0.417 e. The molecule has 9 heteroatoms. The molecule has 1 atom stereocenters. The number of nitrogens with one attached hydrogen (secondary N) is 1. The molecule has 1 aliphatic rings. The highest BCUT2D eigenvalue weighted by Gasteiger charge is 2.27. The van der Waals surface area contributed by atoms with Crippen molar-refractivity contribution in [2.45, 2.75) is 12.5 Å². The smallest absolute Gasteiger partial charge is 0.410 e. The topological polar surface area (TPSA) is 84.7 Å². The third kappa shape index (κ3) is 4.85. The summed E-state index contributed by atoms with van der Waals surface area (Å²) in [5, 5.41) is 14.7. The minimum atomic E-state index is -0.691. The molecule has 0 saturated carbocycles. The molecular weight excluding hydrogens is 453 g/mol. The Morgan fingerprint density at radius 3 is 2.62 bits per heavy atom. The van der Waals surface area contributed by atoms with Gasteiger partial charge in [-0.2, -0.15) is 0 Å². The second-order valence-electron chi connectivity index (χ2n) is 7.60. The predicted octanol–water partition coefficient (Wildman–Crippen LogP) is 6.09. The molecule has 0 bridgehead atoms. The number of nitro benzene ring substituents is 1. The van der Waals surface area contributed by atoms with Crippen LogP contribution in [0, 0.1) is 10.1 Å². The molecule has 0 aliphatic carbocycles. The van der Waals surface area contributed by atoms with E-state index in [4.69, 9.17) is 27.9 Å². The van der Waals surface area contributed by atoms with Gasteiger partial charge < -0.3 is 9.64 Å². The third-order valence-corrected chi connectivity index (χ3v) is 5.84. The predicted molar refractivity (Wildman–Crippen MR) is 124 cm³/mol. The average molecular weight is 472 g/mol. The van der Waals surface area contributed by atoms with Gasteiger partial charge in [0.2, 0.25) is 0 Å². The molecule has 1 N–H and O–H groups in total. The molecule has 32 heavy (non-hydrogen) atoms. The zero-order valence-corrected chi connectivity index (χ0v) is 18.6. The van der Waals surface area contributed by atoms with Gasteiger partial charge in [-0.05, 0) is 60.1 Å². The quantitative estimate of drug-likeness (QED) is 0.367. The van der Waals surface area contributed by atoms with E-state index in [2.05, 4.69) is 10.2 Å². The number of hydrogen-bond acceptors (Lipinski definition) is 5. The molecule has 0 radical (unpaired) electrons. The van der Waals surface area contributed by atoms with Crippen LogP contribution in [-0.4, -0.2) is 29.5 Å². The number of carbonyl (C=O) groups is 1. The van der Waals surface area contributed by atoms with Crippen LogP contribution in [0.1, 0.15) is 22.6 Å². The van der Waals surface area contributed by atoms with Gasteiger partial charge in [-0.3, -0.25) is 15.4 Å². The van der Waals surface area contributed by atoms with E-state index in [1.54, 1.807) is 12.1 Å². The molecule has 1 aliphatic heterocycles. The van der Waals surface area contributed by atoms with Crippen molar-refractivity contribution in [2.75, 3.05) is 18.9 Å². The summed E-state index contributed by atoms with van der Waals surface area (Å²) < 4.78 is 5.23. The molecule has 1 amide bonds. The standard InChI is InChI=1S/C23H19Cl2N3O4/c1-27-12-20(19-10-15(24)11-22(25)21(19)13-27)14-3-2-4-16(9-14)26-23(29)32-18-7-5-17(6-8-18)28(30)31/h2-11,20H,12-13H2,1H3,(H,26,29). The molecule has 164 valence electrons. The lowest BCUT2D eigenvalue weighted by atomic mass is 9.84.